The lowest BCUT2D eigenvalue weighted by Gasteiger charge is -2.33. The summed E-state index contributed by atoms with van der Waals surface area (Å²) in [6.07, 6.45) is -3.19. The molecule has 0 aromatic heterocycles. The smallest absolute Gasteiger partial charge is 0.322 e. The van der Waals surface area contributed by atoms with Gasteiger partial charge in [0.1, 0.15) is 79.0 Å². The zero-order chi connectivity index (χ0) is 79.0. The molecule has 21 N–H and O–H groups in total. The molecule has 13 atom stereocenters. The summed E-state index contributed by atoms with van der Waals surface area (Å²) in [5.41, 5.74) is 16.9. The lowest BCUT2D eigenvalue weighted by atomic mass is 9.98. The van der Waals surface area contributed by atoms with Crippen molar-refractivity contribution >= 4 is 119 Å². The summed E-state index contributed by atoms with van der Waals surface area (Å²) < 4.78 is 0. The van der Waals surface area contributed by atoms with Gasteiger partial charge in [-0.15, -0.1) is 0 Å². The lowest BCUT2D eigenvalue weighted by Crippen LogP contribution is -2.61. The van der Waals surface area contributed by atoms with Crippen LogP contribution < -0.4 is 75.7 Å². The van der Waals surface area contributed by atoms with Gasteiger partial charge in [0, 0.05) is 38.1 Å². The van der Waals surface area contributed by atoms with Crippen molar-refractivity contribution in [3.63, 3.8) is 0 Å². The zero-order valence-corrected chi connectivity index (χ0v) is 61.3. The number of primary amides is 1. The fraction of sp³-hybridized carbons (Fsp3) is 0.723. The number of aliphatic carboxylic acids is 4. The summed E-state index contributed by atoms with van der Waals surface area (Å²) in [4.78, 5) is 242. The SMILES string of the molecule is CC(C)C[C@H](NC(=O)[C@H](CC(=O)O)NC(=O)[C@H](CCC(N)=O)NC(=O)[C@H](CCCCN)NC(=O)[C@@H](NC(=O)[C@H](CC(C)C)NC(=O)[C@@H]1CCCN1C(=O)[C@@H](NC(=O)[C@@H]1CCCN1C(=O)[C@H](CCC(=O)O)NC(=O)[C@H](C)N)C(C)C)C(C)C)C(=O)N[C@@H](CCC(=O)O)C(=O)N[C@@H](CS)C(=O)NCC(=O)O. The van der Waals surface area contributed by atoms with Crippen LogP contribution in [0.15, 0.2) is 0 Å². The molecule has 14 amide bonds. The number of nitrogens with one attached hydrogen (secondary N) is 11. The number of carboxylic acid groups (broad SMARTS) is 4. The molecule has 39 heteroatoms. The zero-order valence-electron chi connectivity index (χ0n) is 60.4. The number of nitrogens with two attached hydrogens (primary N) is 3. The van der Waals surface area contributed by atoms with Crippen molar-refractivity contribution in [1.82, 2.24) is 68.3 Å². The second-order valence-corrected chi connectivity index (χ2v) is 27.8. The number of thiol groups is 1. The van der Waals surface area contributed by atoms with Crippen molar-refractivity contribution in [2.45, 2.75) is 244 Å². The van der Waals surface area contributed by atoms with E-state index in [1.54, 1.807) is 55.4 Å². The molecule has 0 saturated carbocycles. The van der Waals surface area contributed by atoms with E-state index in [4.69, 9.17) is 22.3 Å². The molecule has 0 spiro atoms. The van der Waals surface area contributed by atoms with Gasteiger partial charge in [0.15, 0.2) is 0 Å². The number of amides is 14. The highest BCUT2D eigenvalue weighted by Gasteiger charge is 2.44. The van der Waals surface area contributed by atoms with Crippen LogP contribution in [-0.2, 0) is 86.3 Å². The van der Waals surface area contributed by atoms with E-state index in [1.165, 1.54) is 16.7 Å². The van der Waals surface area contributed by atoms with Crippen LogP contribution in [0.3, 0.4) is 0 Å². The van der Waals surface area contributed by atoms with Crippen molar-refractivity contribution in [1.29, 1.82) is 0 Å². The molecule has 0 bridgehead atoms. The van der Waals surface area contributed by atoms with Crippen molar-refractivity contribution < 1.29 is 107 Å². The Bertz CT molecular complexity index is 3060. The fourth-order valence-corrected chi connectivity index (χ4v) is 11.6. The number of rotatable bonds is 47. The Morgan fingerprint density at radius 3 is 1.28 bits per heavy atom. The number of likely N-dealkylation sites (tertiary alicyclic amines) is 2. The highest BCUT2D eigenvalue weighted by atomic mass is 32.1. The fourth-order valence-electron chi connectivity index (χ4n) is 11.4. The maximum atomic E-state index is 14.5. The third-order valence-corrected chi connectivity index (χ3v) is 17.3. The molecule has 104 heavy (non-hydrogen) atoms. The summed E-state index contributed by atoms with van der Waals surface area (Å²) in [7, 11) is 0. The monoisotopic (exact) mass is 1500 g/mol. The molecule has 2 aliphatic rings. The molecule has 2 rings (SSSR count). The number of unbranched alkanes of at least 4 members (excludes halogenated alkanes) is 1. The molecule has 0 aromatic carbocycles. The van der Waals surface area contributed by atoms with Gasteiger partial charge in [-0.3, -0.25) is 86.3 Å². The topological polar surface area (TPSA) is 605 Å². The van der Waals surface area contributed by atoms with Crippen molar-refractivity contribution in [2.24, 2.45) is 40.9 Å². The van der Waals surface area contributed by atoms with Crippen LogP contribution in [0, 0.1) is 23.7 Å². The predicted octanol–water partition coefficient (Wildman–Crippen LogP) is -4.70. The number of nitrogens with zero attached hydrogens (tertiary/aromatic N) is 2. The first-order valence-corrected chi connectivity index (χ1v) is 35.4. The molecule has 0 aromatic rings. The Balaban J connectivity index is 2.44. The summed E-state index contributed by atoms with van der Waals surface area (Å²) in [5.74, 6) is -21.1. The Labute approximate surface area is 608 Å². The first-order chi connectivity index (χ1) is 48.6. The molecule has 0 unspecified atom stereocenters. The quantitative estimate of drug-likeness (QED) is 0.0201. The number of carboxylic acids is 4. The van der Waals surface area contributed by atoms with Gasteiger partial charge in [0.05, 0.1) is 12.5 Å². The van der Waals surface area contributed by atoms with Crippen molar-refractivity contribution in [3.8, 4) is 0 Å². The van der Waals surface area contributed by atoms with Crippen LogP contribution in [0.25, 0.3) is 0 Å². The summed E-state index contributed by atoms with van der Waals surface area (Å²) in [6, 6.07) is -18.8. The molecule has 0 aliphatic carbocycles. The molecule has 2 aliphatic heterocycles. The maximum absolute atomic E-state index is 14.5. The van der Waals surface area contributed by atoms with E-state index in [1.807, 2.05) is 0 Å². The summed E-state index contributed by atoms with van der Waals surface area (Å²) in [6.45, 7) is 14.1. The van der Waals surface area contributed by atoms with E-state index in [2.05, 4.69) is 71.1 Å². The molecule has 38 nitrogen and oxygen atoms in total. The minimum absolute atomic E-state index is 0.0120. The first-order valence-electron chi connectivity index (χ1n) is 34.8. The number of hydrogen-bond acceptors (Lipinski definition) is 21. The first kappa shape index (κ1) is 90.8. The molecule has 0 radical (unpaired) electrons. The van der Waals surface area contributed by atoms with Gasteiger partial charge < -0.3 is 106 Å². The Morgan fingerprint density at radius 2 is 0.827 bits per heavy atom. The van der Waals surface area contributed by atoms with Crippen molar-refractivity contribution in [2.75, 3.05) is 31.9 Å². The van der Waals surface area contributed by atoms with Gasteiger partial charge in [0.25, 0.3) is 0 Å². The van der Waals surface area contributed by atoms with Crippen LogP contribution in [0.2, 0.25) is 0 Å². The average molecular weight is 1500 g/mol. The van der Waals surface area contributed by atoms with Crippen molar-refractivity contribution in [3.05, 3.63) is 0 Å². The van der Waals surface area contributed by atoms with Crippen LogP contribution in [0.4, 0.5) is 0 Å². The van der Waals surface area contributed by atoms with Gasteiger partial charge in [-0.05, 0) is 114 Å². The van der Waals surface area contributed by atoms with Gasteiger partial charge >= 0.3 is 23.9 Å². The van der Waals surface area contributed by atoms with E-state index in [-0.39, 0.29) is 76.3 Å². The van der Waals surface area contributed by atoms with Gasteiger partial charge in [-0.2, -0.15) is 12.6 Å². The van der Waals surface area contributed by atoms with Crippen LogP contribution in [-0.4, -0.2) is 247 Å². The van der Waals surface area contributed by atoms with Gasteiger partial charge in [-0.25, -0.2) is 0 Å². The molecule has 2 fully saturated rings. The normalized spacial score (nSPS) is 17.4. The molecular weight excluding hydrogens is 1390 g/mol. The van der Waals surface area contributed by atoms with Gasteiger partial charge in [-0.1, -0.05) is 55.4 Å². The molecule has 586 valence electrons. The minimum Gasteiger partial charge on any atom is -0.481 e. The third kappa shape index (κ3) is 31.4. The highest BCUT2D eigenvalue weighted by molar-refractivity contribution is 7.80. The molecular formula is C65H108N16O22S. The number of carbonyl (C=O) groups is 18. The Kier molecular flexibility index (Phi) is 39.4. The number of carbonyl (C=O) groups excluding carboxylic acids is 14. The largest absolute Gasteiger partial charge is 0.481 e. The van der Waals surface area contributed by atoms with Crippen LogP contribution in [0.1, 0.15) is 165 Å². The van der Waals surface area contributed by atoms with Gasteiger partial charge in [0.2, 0.25) is 82.7 Å². The number of hydrogen-bond donors (Lipinski definition) is 19. The Morgan fingerprint density at radius 1 is 0.423 bits per heavy atom. The van der Waals surface area contributed by atoms with E-state index < -0.39 is 248 Å². The maximum Gasteiger partial charge on any atom is 0.322 e. The summed E-state index contributed by atoms with van der Waals surface area (Å²) >= 11 is 4.01. The summed E-state index contributed by atoms with van der Waals surface area (Å²) in [5, 5.41) is 64.6. The average Bonchev–Trinajstić information content (AvgIpc) is 1.62. The standard InChI is InChI=1S/C65H108N16O22S/c1-31(2)26-40(58(96)71-38(18-21-47(83)84)57(95)77-43(30-104)54(92)69-29-50(89)90)74-59(97)42(28-49(87)88)75-56(94)37(17-20-46(68)82)70-55(93)36(14-10-11-23-66)72-63(101)51(33(5)6)78-60(98)41(27-32(3)4)76-61(99)44-15-13-25-81(44)65(103)52(34(7)8)79-62(100)45-16-12-24-80(45)64(102)39(19-22-48(85)86)73-53(91)35(9)67/h31-45,51-52,104H,10-30,66-67H2,1-9H3,(H2,68,82)(H,69,92)(H,70,93)(H,71,96)(H,72,101)(H,73,91)(H,74,97)(H,75,94)(H,76,99)(H,77,95)(H,78,98)(H,79,100)(H,83,84)(H,85,86)(H,87,88)(H,89,90)/t35-,36-,37-,38-,39-,40-,41-,42-,43-,44-,45-,51-,52-/m0/s1. The lowest BCUT2D eigenvalue weighted by molar-refractivity contribution is -0.145. The van der Waals surface area contributed by atoms with E-state index in [0.29, 0.717) is 19.3 Å². The second-order valence-electron chi connectivity index (χ2n) is 27.4. The van der Waals surface area contributed by atoms with E-state index >= 15 is 0 Å². The predicted molar refractivity (Wildman–Crippen MR) is 373 cm³/mol. The third-order valence-electron chi connectivity index (χ3n) is 16.9. The van der Waals surface area contributed by atoms with Crippen LogP contribution >= 0.6 is 12.6 Å². The van der Waals surface area contributed by atoms with E-state index in [0.717, 1.165) is 0 Å². The second kappa shape index (κ2) is 45.1. The highest BCUT2D eigenvalue weighted by Crippen LogP contribution is 2.25. The minimum atomic E-state index is -2.04. The van der Waals surface area contributed by atoms with E-state index in [9.17, 15) is 102 Å². The Hall–Kier alpha value is -9.27. The molecule has 2 saturated heterocycles. The molecule has 2 heterocycles. The van der Waals surface area contributed by atoms with Crippen LogP contribution in [0.5, 0.6) is 0 Å².